The minimum atomic E-state index is 0.576. The predicted molar refractivity (Wildman–Crippen MR) is 97.2 cm³/mol. The van der Waals surface area contributed by atoms with Gasteiger partial charge in [0.15, 0.2) is 0 Å². The maximum absolute atomic E-state index is 5.18. The molecule has 0 atom stereocenters. The van der Waals surface area contributed by atoms with Gasteiger partial charge in [-0.05, 0) is 0 Å². The van der Waals surface area contributed by atoms with E-state index in [2.05, 4.69) is 29.9 Å². The number of aromatic nitrogens is 6. The number of anilines is 2. The van der Waals surface area contributed by atoms with Crippen molar-refractivity contribution in [1.82, 2.24) is 29.7 Å². The molecule has 0 unspecified atom stereocenters. The maximum atomic E-state index is 5.18. The van der Waals surface area contributed by atoms with Gasteiger partial charge in [-0.3, -0.25) is 9.67 Å². The van der Waals surface area contributed by atoms with Crippen LogP contribution in [-0.2, 0) is 7.05 Å². The average Bonchev–Trinajstić information content (AvgIpc) is 3.15. The van der Waals surface area contributed by atoms with Crippen molar-refractivity contribution in [3.8, 4) is 17.1 Å². The number of methoxy groups -OCH3 is 1. The molecule has 9 heteroatoms. The summed E-state index contributed by atoms with van der Waals surface area (Å²) in [6.07, 6.45) is 9.02. The molecule has 4 heterocycles. The van der Waals surface area contributed by atoms with Gasteiger partial charge in [-0.15, -0.1) is 0 Å². The van der Waals surface area contributed by atoms with E-state index in [9.17, 15) is 0 Å². The van der Waals surface area contributed by atoms with Gasteiger partial charge < -0.3 is 14.5 Å². The number of ether oxygens (including phenoxy) is 1. The first kappa shape index (κ1) is 16.2. The lowest BCUT2D eigenvalue weighted by atomic mass is 10.2. The largest absolute Gasteiger partial charge is 0.481 e. The van der Waals surface area contributed by atoms with Crippen LogP contribution in [0.1, 0.15) is 0 Å². The fourth-order valence-corrected chi connectivity index (χ4v) is 2.93. The molecule has 0 bridgehead atoms. The van der Waals surface area contributed by atoms with E-state index in [-0.39, 0.29) is 0 Å². The molecule has 26 heavy (non-hydrogen) atoms. The van der Waals surface area contributed by atoms with Crippen molar-refractivity contribution in [2.24, 2.45) is 7.05 Å². The standard InChI is InChI=1S/C17H20N8O/c1-23-12-13(9-20-23)14-10-18-11-15(21-14)24-5-7-25(8-6-24)17-19-4-3-16(22-17)26-2/h3-4,9-12H,5-8H2,1-2H3. The normalized spacial score (nSPS) is 14.5. The monoisotopic (exact) mass is 352 g/mol. The van der Waals surface area contributed by atoms with E-state index < -0.39 is 0 Å². The predicted octanol–water partition coefficient (Wildman–Crippen LogP) is 1.00. The highest BCUT2D eigenvalue weighted by atomic mass is 16.5. The summed E-state index contributed by atoms with van der Waals surface area (Å²) >= 11 is 0. The van der Waals surface area contributed by atoms with Crippen molar-refractivity contribution in [3.63, 3.8) is 0 Å². The number of aryl methyl sites for hydroxylation is 1. The van der Waals surface area contributed by atoms with Gasteiger partial charge in [-0.25, -0.2) is 9.97 Å². The third-order valence-corrected chi connectivity index (χ3v) is 4.34. The van der Waals surface area contributed by atoms with Crippen LogP contribution in [0, 0.1) is 0 Å². The van der Waals surface area contributed by atoms with E-state index in [4.69, 9.17) is 9.72 Å². The Morgan fingerprint density at radius 2 is 1.81 bits per heavy atom. The first-order valence-electron chi connectivity index (χ1n) is 8.41. The average molecular weight is 352 g/mol. The minimum Gasteiger partial charge on any atom is -0.481 e. The Morgan fingerprint density at radius 1 is 1.00 bits per heavy atom. The number of nitrogens with zero attached hydrogens (tertiary/aromatic N) is 8. The lowest BCUT2D eigenvalue weighted by Gasteiger charge is -2.35. The van der Waals surface area contributed by atoms with Gasteiger partial charge >= 0.3 is 0 Å². The van der Waals surface area contributed by atoms with Crippen LogP contribution in [0.3, 0.4) is 0 Å². The summed E-state index contributed by atoms with van der Waals surface area (Å²) in [5.74, 6) is 2.14. The summed E-state index contributed by atoms with van der Waals surface area (Å²) in [6.45, 7) is 3.27. The molecular weight excluding hydrogens is 332 g/mol. The topological polar surface area (TPSA) is 85.1 Å². The first-order chi connectivity index (χ1) is 12.7. The minimum absolute atomic E-state index is 0.576. The summed E-state index contributed by atoms with van der Waals surface area (Å²) in [4.78, 5) is 22.2. The molecule has 1 fully saturated rings. The first-order valence-corrected chi connectivity index (χ1v) is 8.41. The molecule has 3 aromatic heterocycles. The third kappa shape index (κ3) is 3.28. The summed E-state index contributed by atoms with van der Waals surface area (Å²) < 4.78 is 6.94. The summed E-state index contributed by atoms with van der Waals surface area (Å²) in [5.41, 5.74) is 1.79. The number of hydrogen-bond donors (Lipinski definition) is 0. The fourth-order valence-electron chi connectivity index (χ4n) is 2.93. The smallest absolute Gasteiger partial charge is 0.228 e. The van der Waals surface area contributed by atoms with Gasteiger partial charge in [0.25, 0.3) is 0 Å². The van der Waals surface area contributed by atoms with Gasteiger partial charge in [-0.1, -0.05) is 0 Å². The molecule has 0 radical (unpaired) electrons. The molecule has 0 spiro atoms. The zero-order chi connectivity index (χ0) is 17.9. The van der Waals surface area contributed by atoms with Crippen LogP contribution < -0.4 is 14.5 Å². The zero-order valence-electron chi connectivity index (χ0n) is 14.8. The summed E-state index contributed by atoms with van der Waals surface area (Å²) in [7, 11) is 3.50. The highest BCUT2D eigenvalue weighted by Gasteiger charge is 2.21. The molecular formula is C17H20N8O. The van der Waals surface area contributed by atoms with Gasteiger partial charge in [0.05, 0.1) is 31.4 Å². The van der Waals surface area contributed by atoms with Crippen LogP contribution in [0.2, 0.25) is 0 Å². The van der Waals surface area contributed by atoms with Crippen LogP contribution in [0.5, 0.6) is 5.88 Å². The van der Waals surface area contributed by atoms with Crippen molar-refractivity contribution in [2.45, 2.75) is 0 Å². The lowest BCUT2D eigenvalue weighted by Crippen LogP contribution is -2.47. The molecule has 1 aliphatic rings. The van der Waals surface area contributed by atoms with Crippen LogP contribution in [-0.4, -0.2) is 63.0 Å². The molecule has 0 amide bonds. The third-order valence-electron chi connectivity index (χ3n) is 4.34. The van der Waals surface area contributed by atoms with Gasteiger partial charge in [0.1, 0.15) is 5.82 Å². The molecule has 3 aromatic rings. The molecule has 0 saturated carbocycles. The van der Waals surface area contributed by atoms with Crippen molar-refractivity contribution < 1.29 is 4.74 Å². The van der Waals surface area contributed by atoms with E-state index in [0.717, 1.165) is 43.3 Å². The number of rotatable bonds is 4. The molecule has 9 nitrogen and oxygen atoms in total. The summed E-state index contributed by atoms with van der Waals surface area (Å²) in [6, 6.07) is 1.75. The Hall–Kier alpha value is -3.23. The number of hydrogen-bond acceptors (Lipinski definition) is 8. The lowest BCUT2D eigenvalue weighted by molar-refractivity contribution is 0.396. The second-order valence-corrected chi connectivity index (χ2v) is 6.04. The van der Waals surface area contributed by atoms with E-state index in [1.54, 1.807) is 42.6 Å². The fraction of sp³-hybridized carbons (Fsp3) is 0.353. The molecule has 134 valence electrons. The van der Waals surface area contributed by atoms with Crippen molar-refractivity contribution in [3.05, 3.63) is 37.1 Å². The van der Waals surface area contributed by atoms with Gasteiger partial charge in [0, 0.05) is 57.3 Å². The Labute approximate surface area is 151 Å². The van der Waals surface area contributed by atoms with Gasteiger partial charge in [0.2, 0.25) is 11.8 Å². The molecule has 0 aromatic carbocycles. The second-order valence-electron chi connectivity index (χ2n) is 6.04. The van der Waals surface area contributed by atoms with Crippen LogP contribution >= 0.6 is 0 Å². The number of piperazine rings is 1. The second kappa shape index (κ2) is 6.95. The highest BCUT2D eigenvalue weighted by Crippen LogP contribution is 2.21. The van der Waals surface area contributed by atoms with Crippen molar-refractivity contribution >= 4 is 11.8 Å². The Bertz CT molecular complexity index is 888. The van der Waals surface area contributed by atoms with Crippen molar-refractivity contribution in [1.29, 1.82) is 0 Å². The van der Waals surface area contributed by atoms with Crippen LogP contribution in [0.15, 0.2) is 37.1 Å². The molecule has 1 aliphatic heterocycles. The van der Waals surface area contributed by atoms with E-state index in [1.165, 1.54) is 0 Å². The summed E-state index contributed by atoms with van der Waals surface area (Å²) in [5, 5.41) is 4.20. The van der Waals surface area contributed by atoms with E-state index in [1.807, 2.05) is 13.2 Å². The van der Waals surface area contributed by atoms with E-state index >= 15 is 0 Å². The quantitative estimate of drug-likeness (QED) is 0.688. The Balaban J connectivity index is 1.46. The van der Waals surface area contributed by atoms with Crippen LogP contribution in [0.25, 0.3) is 11.3 Å². The molecule has 1 saturated heterocycles. The van der Waals surface area contributed by atoms with Crippen LogP contribution in [0.4, 0.5) is 11.8 Å². The van der Waals surface area contributed by atoms with Crippen molar-refractivity contribution in [2.75, 3.05) is 43.1 Å². The highest BCUT2D eigenvalue weighted by molar-refractivity contribution is 5.58. The Kier molecular flexibility index (Phi) is 4.34. The SMILES string of the molecule is COc1ccnc(N2CCN(c3cncc(-c4cnn(C)c4)n3)CC2)n1. The van der Waals surface area contributed by atoms with E-state index in [0.29, 0.717) is 11.8 Å². The Morgan fingerprint density at radius 3 is 2.54 bits per heavy atom. The molecule has 0 aliphatic carbocycles. The zero-order valence-corrected chi connectivity index (χ0v) is 14.8. The molecule has 4 rings (SSSR count). The van der Waals surface area contributed by atoms with Gasteiger partial charge in [-0.2, -0.15) is 10.1 Å². The maximum Gasteiger partial charge on any atom is 0.228 e. The molecule has 0 N–H and O–H groups in total.